The number of carbonyl (C=O) groups is 1. The number of aryl methyl sites for hydroxylation is 1. The van der Waals surface area contributed by atoms with E-state index < -0.39 is 10.0 Å². The van der Waals surface area contributed by atoms with E-state index in [4.69, 9.17) is 16.3 Å². The van der Waals surface area contributed by atoms with Crippen molar-refractivity contribution in [2.75, 3.05) is 33.3 Å². The van der Waals surface area contributed by atoms with Crippen LogP contribution in [0.25, 0.3) is 0 Å². The van der Waals surface area contributed by atoms with Crippen LogP contribution in [0.4, 0.5) is 0 Å². The molecule has 1 fully saturated rings. The summed E-state index contributed by atoms with van der Waals surface area (Å²) in [5.74, 6) is 0.830. The molecule has 0 spiro atoms. The van der Waals surface area contributed by atoms with Crippen molar-refractivity contribution in [1.29, 1.82) is 0 Å². The van der Waals surface area contributed by atoms with E-state index in [0.717, 1.165) is 22.6 Å². The molecular weight excluding hydrogens is 408 g/mol. The molecule has 1 aromatic heterocycles. The number of piperazine rings is 1. The molecule has 0 aliphatic carbocycles. The molecule has 0 radical (unpaired) electrons. The minimum atomic E-state index is -3.53. The van der Waals surface area contributed by atoms with Gasteiger partial charge in [-0.15, -0.1) is 11.3 Å². The van der Waals surface area contributed by atoms with E-state index in [-0.39, 0.29) is 10.1 Å². The van der Waals surface area contributed by atoms with Crippen LogP contribution in [0.2, 0.25) is 4.34 Å². The van der Waals surface area contributed by atoms with Crippen molar-refractivity contribution in [3.63, 3.8) is 0 Å². The molecular formula is C18H21ClN2O4S2. The molecule has 2 aromatic rings. The largest absolute Gasteiger partial charge is 0.497 e. The molecule has 1 amide bonds. The van der Waals surface area contributed by atoms with E-state index in [1.54, 1.807) is 18.1 Å². The summed E-state index contributed by atoms with van der Waals surface area (Å²) >= 11 is 6.90. The molecule has 1 aliphatic rings. The van der Waals surface area contributed by atoms with Gasteiger partial charge in [0.25, 0.3) is 10.0 Å². The maximum absolute atomic E-state index is 12.6. The van der Waals surface area contributed by atoms with Crippen molar-refractivity contribution >= 4 is 38.9 Å². The summed E-state index contributed by atoms with van der Waals surface area (Å²) in [6.45, 7) is 1.40. The Kier molecular flexibility index (Phi) is 6.41. The zero-order valence-electron chi connectivity index (χ0n) is 14.9. The third-order valence-electron chi connectivity index (χ3n) is 4.52. The van der Waals surface area contributed by atoms with Gasteiger partial charge in [-0.3, -0.25) is 4.79 Å². The summed E-state index contributed by atoms with van der Waals surface area (Å²) in [4.78, 5) is 14.2. The van der Waals surface area contributed by atoms with E-state index in [1.165, 1.54) is 10.4 Å². The Balaban J connectivity index is 1.51. The van der Waals surface area contributed by atoms with Crippen LogP contribution in [0.15, 0.2) is 40.6 Å². The minimum Gasteiger partial charge on any atom is -0.497 e. The van der Waals surface area contributed by atoms with E-state index in [2.05, 4.69) is 0 Å². The van der Waals surface area contributed by atoms with Gasteiger partial charge < -0.3 is 9.64 Å². The number of nitrogens with zero attached hydrogens (tertiary/aromatic N) is 2. The lowest BCUT2D eigenvalue weighted by molar-refractivity contribution is -0.132. The number of sulfonamides is 1. The summed E-state index contributed by atoms with van der Waals surface area (Å²) in [7, 11) is -1.92. The highest BCUT2D eigenvalue weighted by molar-refractivity contribution is 7.91. The van der Waals surface area contributed by atoms with Crippen molar-refractivity contribution in [2.24, 2.45) is 0 Å². The molecule has 0 atom stereocenters. The van der Waals surface area contributed by atoms with Crippen LogP contribution in [0.5, 0.6) is 5.75 Å². The minimum absolute atomic E-state index is 0.0436. The van der Waals surface area contributed by atoms with Crippen LogP contribution in [0.1, 0.15) is 12.0 Å². The lowest BCUT2D eigenvalue weighted by Crippen LogP contribution is -2.50. The lowest BCUT2D eigenvalue weighted by Gasteiger charge is -2.33. The first-order valence-electron chi connectivity index (χ1n) is 8.56. The summed E-state index contributed by atoms with van der Waals surface area (Å²) in [5, 5.41) is 0. The summed E-state index contributed by atoms with van der Waals surface area (Å²) in [6, 6.07) is 10.7. The van der Waals surface area contributed by atoms with Crippen LogP contribution >= 0.6 is 22.9 Å². The Labute approximate surface area is 168 Å². The monoisotopic (exact) mass is 428 g/mol. The van der Waals surface area contributed by atoms with Crippen LogP contribution in [-0.4, -0.2) is 56.8 Å². The summed E-state index contributed by atoms with van der Waals surface area (Å²) in [6.07, 6.45) is 1.05. The first kappa shape index (κ1) is 20.1. The van der Waals surface area contributed by atoms with Crippen molar-refractivity contribution in [3.05, 3.63) is 46.3 Å². The molecule has 1 saturated heterocycles. The molecule has 3 rings (SSSR count). The molecule has 9 heteroatoms. The molecule has 0 saturated carbocycles. The van der Waals surface area contributed by atoms with E-state index >= 15 is 0 Å². The van der Waals surface area contributed by atoms with E-state index in [9.17, 15) is 13.2 Å². The van der Waals surface area contributed by atoms with Crippen LogP contribution in [0.3, 0.4) is 0 Å². The van der Waals surface area contributed by atoms with Crippen molar-refractivity contribution in [1.82, 2.24) is 9.21 Å². The van der Waals surface area contributed by atoms with E-state index in [0.29, 0.717) is 43.4 Å². The van der Waals surface area contributed by atoms with Gasteiger partial charge in [-0.25, -0.2) is 8.42 Å². The Morgan fingerprint density at radius 2 is 1.78 bits per heavy atom. The molecule has 0 unspecified atom stereocenters. The number of carbonyl (C=O) groups excluding carboxylic acids is 1. The number of benzene rings is 1. The first-order valence-corrected chi connectivity index (χ1v) is 11.2. The molecule has 1 aromatic carbocycles. The summed E-state index contributed by atoms with van der Waals surface area (Å²) < 4.78 is 32.4. The van der Waals surface area contributed by atoms with Gasteiger partial charge in [0.1, 0.15) is 9.96 Å². The zero-order chi connectivity index (χ0) is 19.4. The number of hydrogen-bond acceptors (Lipinski definition) is 5. The van der Waals surface area contributed by atoms with Crippen LogP contribution < -0.4 is 4.74 Å². The third-order valence-corrected chi connectivity index (χ3v) is 8.12. The molecule has 1 aliphatic heterocycles. The topological polar surface area (TPSA) is 66.9 Å². The Morgan fingerprint density at radius 3 is 2.33 bits per heavy atom. The maximum Gasteiger partial charge on any atom is 0.252 e. The normalized spacial score (nSPS) is 15.7. The average molecular weight is 429 g/mol. The average Bonchev–Trinajstić information content (AvgIpc) is 3.14. The predicted octanol–water partition coefficient (Wildman–Crippen LogP) is 2.88. The number of thiophene rings is 1. The second kappa shape index (κ2) is 8.60. The van der Waals surface area contributed by atoms with Crippen molar-refractivity contribution in [3.8, 4) is 5.75 Å². The number of hydrogen-bond donors (Lipinski definition) is 0. The van der Waals surface area contributed by atoms with Gasteiger partial charge in [-0.1, -0.05) is 23.7 Å². The number of halogens is 1. The van der Waals surface area contributed by atoms with Crippen molar-refractivity contribution in [2.45, 2.75) is 17.1 Å². The Hall–Kier alpha value is -1.61. The van der Waals surface area contributed by atoms with Gasteiger partial charge in [-0.2, -0.15) is 4.31 Å². The highest BCUT2D eigenvalue weighted by Crippen LogP contribution is 2.28. The SMILES string of the molecule is COc1ccc(CCC(=O)N2CCN(S(=O)(=O)c3ccc(Cl)s3)CC2)cc1. The zero-order valence-corrected chi connectivity index (χ0v) is 17.3. The summed E-state index contributed by atoms with van der Waals surface area (Å²) in [5.41, 5.74) is 1.07. The lowest BCUT2D eigenvalue weighted by atomic mass is 10.1. The quantitative estimate of drug-likeness (QED) is 0.709. The number of methoxy groups -OCH3 is 1. The van der Waals surface area contributed by atoms with Gasteiger partial charge in [0.05, 0.1) is 11.4 Å². The standard InChI is InChI=1S/C18H21ClN2O4S2/c1-25-15-5-2-14(3-6-15)4-8-17(22)20-10-12-21(13-11-20)27(23,24)18-9-7-16(19)26-18/h2-3,5-7,9H,4,8,10-13H2,1H3. The van der Waals surface area contributed by atoms with Crippen LogP contribution in [-0.2, 0) is 21.2 Å². The molecule has 0 N–H and O–H groups in total. The van der Waals surface area contributed by atoms with Crippen LogP contribution in [0, 0.1) is 0 Å². The van der Waals surface area contributed by atoms with Gasteiger partial charge >= 0.3 is 0 Å². The van der Waals surface area contributed by atoms with E-state index in [1.807, 2.05) is 24.3 Å². The highest BCUT2D eigenvalue weighted by Gasteiger charge is 2.30. The highest BCUT2D eigenvalue weighted by atomic mass is 35.5. The van der Waals surface area contributed by atoms with Gasteiger partial charge in [-0.05, 0) is 36.2 Å². The molecule has 146 valence electrons. The molecule has 2 heterocycles. The number of amides is 1. The van der Waals surface area contributed by atoms with Gasteiger partial charge in [0.15, 0.2) is 0 Å². The first-order chi connectivity index (χ1) is 12.9. The fourth-order valence-corrected chi connectivity index (χ4v) is 6.00. The Bertz CT molecular complexity index is 888. The predicted molar refractivity (Wildman–Crippen MR) is 106 cm³/mol. The second-order valence-corrected chi connectivity index (χ2v) is 10.1. The van der Waals surface area contributed by atoms with Gasteiger partial charge in [0.2, 0.25) is 5.91 Å². The molecule has 0 bridgehead atoms. The third kappa shape index (κ3) is 4.82. The van der Waals surface area contributed by atoms with Crippen molar-refractivity contribution < 1.29 is 17.9 Å². The number of rotatable bonds is 6. The number of ether oxygens (including phenoxy) is 1. The molecule has 27 heavy (non-hydrogen) atoms. The Morgan fingerprint density at radius 1 is 1.11 bits per heavy atom. The fraction of sp³-hybridized carbons (Fsp3) is 0.389. The second-order valence-electron chi connectivity index (χ2n) is 6.19. The maximum atomic E-state index is 12.6. The molecule has 6 nitrogen and oxygen atoms in total. The van der Waals surface area contributed by atoms with Gasteiger partial charge in [0, 0.05) is 32.6 Å². The smallest absolute Gasteiger partial charge is 0.252 e. The fourth-order valence-electron chi connectivity index (χ4n) is 2.94.